The number of rotatable bonds is 3. The molecule has 0 unspecified atom stereocenters. The fourth-order valence-electron chi connectivity index (χ4n) is 3.16. The van der Waals surface area contributed by atoms with Crippen LogP contribution in [0.3, 0.4) is 0 Å². The van der Waals surface area contributed by atoms with Crippen molar-refractivity contribution in [3.63, 3.8) is 0 Å². The van der Waals surface area contributed by atoms with Gasteiger partial charge in [0.1, 0.15) is 6.10 Å². The topological polar surface area (TPSA) is 57.2 Å². The number of aliphatic hydroxyl groups excluding tert-OH is 1. The zero-order chi connectivity index (χ0) is 14.8. The minimum Gasteiger partial charge on any atom is -0.396 e. The molecule has 2 aliphatic heterocycles. The van der Waals surface area contributed by atoms with Gasteiger partial charge in [0.15, 0.2) is 12.6 Å². The zero-order valence-electron chi connectivity index (χ0n) is 12.3. The van der Waals surface area contributed by atoms with Crippen LogP contribution >= 0.6 is 0 Å². The predicted molar refractivity (Wildman–Crippen MR) is 75.4 cm³/mol. The zero-order valence-corrected chi connectivity index (χ0v) is 12.3. The molecule has 2 saturated heterocycles. The molecule has 1 aromatic rings. The summed E-state index contributed by atoms with van der Waals surface area (Å²) >= 11 is 0. The molecule has 2 aliphatic rings. The van der Waals surface area contributed by atoms with E-state index in [0.717, 1.165) is 5.56 Å². The number of ether oxygens (including phenoxy) is 4. The van der Waals surface area contributed by atoms with Gasteiger partial charge in [-0.15, -0.1) is 0 Å². The Morgan fingerprint density at radius 1 is 1.24 bits per heavy atom. The van der Waals surface area contributed by atoms with Crippen LogP contribution in [0.15, 0.2) is 30.3 Å². The van der Waals surface area contributed by atoms with E-state index in [1.54, 1.807) is 7.11 Å². The van der Waals surface area contributed by atoms with Crippen molar-refractivity contribution in [1.29, 1.82) is 0 Å². The fraction of sp³-hybridized carbons (Fsp3) is 0.625. The lowest BCUT2D eigenvalue weighted by molar-refractivity contribution is -0.343. The van der Waals surface area contributed by atoms with Crippen molar-refractivity contribution in [3.05, 3.63) is 35.9 Å². The summed E-state index contributed by atoms with van der Waals surface area (Å²) in [6.07, 6.45) is -1.05. The smallest absolute Gasteiger partial charge is 0.184 e. The van der Waals surface area contributed by atoms with E-state index >= 15 is 0 Å². The van der Waals surface area contributed by atoms with Crippen LogP contribution in [0.25, 0.3) is 0 Å². The molecular formula is C16H22O5. The molecule has 2 heterocycles. The highest BCUT2D eigenvalue weighted by Crippen LogP contribution is 2.39. The summed E-state index contributed by atoms with van der Waals surface area (Å²) < 4.78 is 23.1. The highest BCUT2D eigenvalue weighted by molar-refractivity contribution is 5.16. The minimum absolute atomic E-state index is 0.0170. The van der Waals surface area contributed by atoms with Crippen LogP contribution in [-0.4, -0.2) is 43.9 Å². The van der Waals surface area contributed by atoms with Gasteiger partial charge in [-0.25, -0.2) is 0 Å². The molecule has 0 spiro atoms. The molecule has 0 aliphatic carbocycles. The number of benzene rings is 1. The lowest BCUT2D eigenvalue weighted by atomic mass is 9.83. The maximum absolute atomic E-state index is 9.59. The SMILES string of the molecule is CO[C@H]1O[C@@H]2CO[C@@H](c3ccccc3)O[C@H]2[C@H](C)[C@H]1CO. The molecule has 5 heteroatoms. The lowest BCUT2D eigenvalue weighted by Crippen LogP contribution is -2.56. The van der Waals surface area contributed by atoms with Crippen molar-refractivity contribution in [2.24, 2.45) is 11.8 Å². The first-order valence-electron chi connectivity index (χ1n) is 7.35. The van der Waals surface area contributed by atoms with E-state index in [0.29, 0.717) is 6.61 Å². The lowest BCUT2D eigenvalue weighted by Gasteiger charge is -2.48. The maximum atomic E-state index is 9.59. The second-order valence-corrected chi connectivity index (χ2v) is 5.66. The van der Waals surface area contributed by atoms with Crippen molar-refractivity contribution in [3.8, 4) is 0 Å². The summed E-state index contributed by atoms with van der Waals surface area (Å²) in [4.78, 5) is 0. The molecule has 2 fully saturated rings. The molecule has 21 heavy (non-hydrogen) atoms. The second kappa shape index (κ2) is 6.42. The van der Waals surface area contributed by atoms with Crippen molar-refractivity contribution in [2.45, 2.75) is 31.7 Å². The number of methoxy groups -OCH3 is 1. The van der Waals surface area contributed by atoms with E-state index in [9.17, 15) is 5.11 Å². The molecule has 0 bridgehead atoms. The van der Waals surface area contributed by atoms with Crippen LogP contribution in [0.2, 0.25) is 0 Å². The van der Waals surface area contributed by atoms with Crippen LogP contribution in [-0.2, 0) is 18.9 Å². The van der Waals surface area contributed by atoms with Crippen molar-refractivity contribution >= 4 is 0 Å². The average Bonchev–Trinajstić information content (AvgIpc) is 2.55. The van der Waals surface area contributed by atoms with Crippen LogP contribution in [0.4, 0.5) is 0 Å². The molecule has 3 rings (SSSR count). The summed E-state index contributed by atoms with van der Waals surface area (Å²) in [5.74, 6) is 0.0413. The first-order chi connectivity index (χ1) is 10.2. The Labute approximate surface area is 124 Å². The molecule has 1 aromatic carbocycles. The monoisotopic (exact) mass is 294 g/mol. The number of aliphatic hydroxyl groups is 1. The second-order valence-electron chi connectivity index (χ2n) is 5.66. The van der Waals surface area contributed by atoms with Crippen LogP contribution < -0.4 is 0 Å². The van der Waals surface area contributed by atoms with E-state index < -0.39 is 6.29 Å². The van der Waals surface area contributed by atoms with E-state index in [1.807, 2.05) is 30.3 Å². The highest BCUT2D eigenvalue weighted by atomic mass is 16.7. The summed E-state index contributed by atoms with van der Waals surface area (Å²) in [5, 5.41) is 9.59. The van der Waals surface area contributed by atoms with Gasteiger partial charge in [-0.2, -0.15) is 0 Å². The average molecular weight is 294 g/mol. The van der Waals surface area contributed by atoms with Gasteiger partial charge >= 0.3 is 0 Å². The Morgan fingerprint density at radius 2 is 2.00 bits per heavy atom. The molecule has 0 amide bonds. The van der Waals surface area contributed by atoms with Gasteiger partial charge in [0, 0.05) is 18.6 Å². The van der Waals surface area contributed by atoms with Gasteiger partial charge in [-0.3, -0.25) is 0 Å². The third kappa shape index (κ3) is 2.84. The third-order valence-electron chi connectivity index (χ3n) is 4.43. The first kappa shape index (κ1) is 14.9. The maximum Gasteiger partial charge on any atom is 0.184 e. The third-order valence-corrected chi connectivity index (χ3v) is 4.43. The highest BCUT2D eigenvalue weighted by Gasteiger charge is 2.47. The van der Waals surface area contributed by atoms with Crippen LogP contribution in [0, 0.1) is 11.8 Å². The van der Waals surface area contributed by atoms with E-state index in [2.05, 4.69) is 6.92 Å². The van der Waals surface area contributed by atoms with Crippen LogP contribution in [0.1, 0.15) is 18.8 Å². The normalized spacial score (nSPS) is 39.8. The molecule has 0 radical (unpaired) electrons. The number of hydrogen-bond acceptors (Lipinski definition) is 5. The molecular weight excluding hydrogens is 272 g/mol. The fourth-order valence-corrected chi connectivity index (χ4v) is 3.16. The molecule has 0 aromatic heterocycles. The predicted octanol–water partition coefficient (Wildman–Crippen LogP) is 1.72. The van der Waals surface area contributed by atoms with Gasteiger partial charge in [0.05, 0.1) is 19.3 Å². The van der Waals surface area contributed by atoms with E-state index in [-0.39, 0.29) is 36.9 Å². The van der Waals surface area contributed by atoms with Crippen LogP contribution in [0.5, 0.6) is 0 Å². The molecule has 5 nitrogen and oxygen atoms in total. The molecule has 1 N–H and O–H groups in total. The Morgan fingerprint density at radius 3 is 2.67 bits per heavy atom. The molecule has 6 atom stereocenters. The molecule has 116 valence electrons. The summed E-state index contributed by atoms with van der Waals surface area (Å²) in [7, 11) is 1.59. The van der Waals surface area contributed by atoms with E-state index in [1.165, 1.54) is 0 Å². The quantitative estimate of drug-likeness (QED) is 0.920. The van der Waals surface area contributed by atoms with Gasteiger partial charge in [0.2, 0.25) is 0 Å². The van der Waals surface area contributed by atoms with Gasteiger partial charge < -0.3 is 24.1 Å². The van der Waals surface area contributed by atoms with Gasteiger partial charge in [-0.1, -0.05) is 37.3 Å². The standard InChI is InChI=1S/C16H22O5/c1-10-12(8-17)16(18-2)20-13-9-19-15(21-14(10)13)11-6-4-3-5-7-11/h3-7,10,12-17H,8-9H2,1-2H3/t10-,12-,13-,14+,15-,16+/m1/s1. The largest absolute Gasteiger partial charge is 0.396 e. The van der Waals surface area contributed by atoms with Crippen molar-refractivity contribution < 1.29 is 24.1 Å². The summed E-state index contributed by atoms with van der Waals surface area (Å²) in [5.41, 5.74) is 0.998. The number of fused-ring (bicyclic) bond motifs is 1. The number of hydrogen-bond donors (Lipinski definition) is 1. The summed E-state index contributed by atoms with van der Waals surface area (Å²) in [6.45, 7) is 2.55. The Balaban J connectivity index is 1.75. The van der Waals surface area contributed by atoms with Gasteiger partial charge in [-0.05, 0) is 5.92 Å². The van der Waals surface area contributed by atoms with Gasteiger partial charge in [0.25, 0.3) is 0 Å². The Kier molecular flexibility index (Phi) is 4.57. The van der Waals surface area contributed by atoms with Crippen molar-refractivity contribution in [2.75, 3.05) is 20.3 Å². The first-order valence-corrected chi connectivity index (χ1v) is 7.35. The van der Waals surface area contributed by atoms with E-state index in [4.69, 9.17) is 18.9 Å². The molecule has 0 saturated carbocycles. The summed E-state index contributed by atoms with van der Waals surface area (Å²) in [6, 6.07) is 9.87. The Bertz CT molecular complexity index is 451. The van der Waals surface area contributed by atoms with Crippen molar-refractivity contribution in [1.82, 2.24) is 0 Å². The minimum atomic E-state index is -0.410. The Hall–Kier alpha value is -0.980.